The summed E-state index contributed by atoms with van der Waals surface area (Å²) >= 11 is 0. The first-order valence-corrected chi connectivity index (χ1v) is 6.18. The molecule has 0 amide bonds. The summed E-state index contributed by atoms with van der Waals surface area (Å²) in [7, 11) is 1.71. The van der Waals surface area contributed by atoms with E-state index >= 15 is 0 Å². The van der Waals surface area contributed by atoms with Gasteiger partial charge in [-0.2, -0.15) is 0 Å². The highest BCUT2D eigenvalue weighted by Gasteiger charge is 2.00. The highest BCUT2D eigenvalue weighted by atomic mass is 16.5. The maximum Gasteiger partial charge on any atom is 0.123 e. The smallest absolute Gasteiger partial charge is 0.123 e. The molecule has 96 valence electrons. The zero-order chi connectivity index (χ0) is 12.6. The molecule has 0 spiro atoms. The monoisotopic (exact) mass is 245 g/mol. The molecule has 0 aliphatic carbocycles. The van der Waals surface area contributed by atoms with Gasteiger partial charge in [0.2, 0.25) is 0 Å². The van der Waals surface area contributed by atoms with E-state index < -0.39 is 0 Å². The normalized spacial score (nSPS) is 10.5. The van der Waals surface area contributed by atoms with E-state index in [1.54, 1.807) is 7.11 Å². The molecule has 0 aliphatic heterocycles. The average Bonchev–Trinajstić information content (AvgIpc) is 2.92. The van der Waals surface area contributed by atoms with Crippen LogP contribution in [0, 0.1) is 0 Å². The lowest BCUT2D eigenvalue weighted by atomic mass is 10.2. The number of aromatic nitrogens is 2. The van der Waals surface area contributed by atoms with E-state index in [0.717, 1.165) is 31.8 Å². The molecule has 0 fully saturated rings. The van der Waals surface area contributed by atoms with E-state index in [1.165, 1.54) is 5.56 Å². The second-order valence-corrected chi connectivity index (χ2v) is 4.14. The number of nitrogens with zero attached hydrogens (tertiary/aromatic N) is 2. The SMILES string of the molecule is COc1ccccc1CNCCCn1ccnc1. The first kappa shape index (κ1) is 12.6. The molecule has 1 aromatic carbocycles. The largest absolute Gasteiger partial charge is 0.496 e. The van der Waals surface area contributed by atoms with Crippen LogP contribution in [0.1, 0.15) is 12.0 Å². The lowest BCUT2D eigenvalue weighted by Gasteiger charge is -2.09. The van der Waals surface area contributed by atoms with E-state index in [2.05, 4.69) is 20.9 Å². The quantitative estimate of drug-likeness (QED) is 0.759. The van der Waals surface area contributed by atoms with Crippen LogP contribution >= 0.6 is 0 Å². The predicted octanol–water partition coefficient (Wildman–Crippen LogP) is 2.07. The zero-order valence-electron chi connectivity index (χ0n) is 10.7. The number of aryl methyl sites for hydroxylation is 1. The van der Waals surface area contributed by atoms with Crippen molar-refractivity contribution in [3.8, 4) is 5.75 Å². The standard InChI is InChI=1S/C14H19N3O/c1-18-14-6-3-2-5-13(14)11-15-7-4-9-17-10-8-16-12-17/h2-3,5-6,8,10,12,15H,4,7,9,11H2,1H3. The molecule has 0 aliphatic rings. The Kier molecular flexibility index (Phi) is 4.78. The van der Waals surface area contributed by atoms with Crippen LogP contribution in [0.15, 0.2) is 43.0 Å². The maximum atomic E-state index is 5.31. The molecule has 18 heavy (non-hydrogen) atoms. The number of rotatable bonds is 7. The first-order valence-electron chi connectivity index (χ1n) is 6.18. The van der Waals surface area contributed by atoms with Gasteiger partial charge in [-0.05, 0) is 19.0 Å². The number of methoxy groups -OCH3 is 1. The molecule has 1 N–H and O–H groups in total. The summed E-state index contributed by atoms with van der Waals surface area (Å²) in [6.45, 7) is 2.82. The molecule has 0 saturated heterocycles. The topological polar surface area (TPSA) is 39.1 Å². The number of para-hydroxylation sites is 1. The molecule has 0 unspecified atom stereocenters. The lowest BCUT2D eigenvalue weighted by molar-refractivity contribution is 0.407. The molecule has 1 aromatic heterocycles. The number of imidazole rings is 1. The Morgan fingerprint density at radius 3 is 3.00 bits per heavy atom. The fraction of sp³-hybridized carbons (Fsp3) is 0.357. The number of hydrogen-bond acceptors (Lipinski definition) is 3. The van der Waals surface area contributed by atoms with Crippen molar-refractivity contribution < 1.29 is 4.74 Å². The van der Waals surface area contributed by atoms with E-state index in [9.17, 15) is 0 Å². The third kappa shape index (κ3) is 3.60. The molecule has 0 radical (unpaired) electrons. The molecule has 0 bridgehead atoms. The van der Waals surface area contributed by atoms with Crippen LogP contribution < -0.4 is 10.1 Å². The first-order chi connectivity index (χ1) is 8.90. The van der Waals surface area contributed by atoms with E-state index in [-0.39, 0.29) is 0 Å². The van der Waals surface area contributed by atoms with Crippen molar-refractivity contribution in [2.75, 3.05) is 13.7 Å². The summed E-state index contributed by atoms with van der Waals surface area (Å²) in [5.74, 6) is 0.944. The van der Waals surface area contributed by atoms with Gasteiger partial charge in [0.05, 0.1) is 13.4 Å². The lowest BCUT2D eigenvalue weighted by Crippen LogP contribution is -2.16. The number of ether oxygens (including phenoxy) is 1. The van der Waals surface area contributed by atoms with Gasteiger partial charge in [-0.1, -0.05) is 18.2 Å². The predicted molar refractivity (Wildman–Crippen MR) is 71.5 cm³/mol. The van der Waals surface area contributed by atoms with Gasteiger partial charge in [-0.15, -0.1) is 0 Å². The molecule has 0 saturated carbocycles. The number of hydrogen-bond donors (Lipinski definition) is 1. The minimum absolute atomic E-state index is 0.841. The Labute approximate surface area is 108 Å². The molecule has 2 rings (SSSR count). The van der Waals surface area contributed by atoms with Gasteiger partial charge in [0, 0.05) is 31.0 Å². The minimum Gasteiger partial charge on any atom is -0.496 e. The summed E-state index contributed by atoms with van der Waals surface area (Å²) in [5.41, 5.74) is 1.20. The van der Waals surface area contributed by atoms with Crippen LogP contribution in [0.2, 0.25) is 0 Å². The van der Waals surface area contributed by atoms with Gasteiger partial charge < -0.3 is 14.6 Å². The summed E-state index contributed by atoms with van der Waals surface area (Å²) < 4.78 is 7.40. The Morgan fingerprint density at radius 2 is 2.22 bits per heavy atom. The van der Waals surface area contributed by atoms with Gasteiger partial charge in [-0.25, -0.2) is 4.98 Å². The van der Waals surface area contributed by atoms with Crippen molar-refractivity contribution in [3.63, 3.8) is 0 Å². The second-order valence-electron chi connectivity index (χ2n) is 4.14. The van der Waals surface area contributed by atoms with Gasteiger partial charge in [0.25, 0.3) is 0 Å². The minimum atomic E-state index is 0.841. The van der Waals surface area contributed by atoms with Crippen molar-refractivity contribution in [1.29, 1.82) is 0 Å². The molecule has 1 heterocycles. The van der Waals surface area contributed by atoms with Crippen LogP contribution in [-0.2, 0) is 13.1 Å². The fourth-order valence-electron chi connectivity index (χ4n) is 1.88. The summed E-state index contributed by atoms with van der Waals surface area (Å²) in [5, 5.41) is 3.43. The molecule has 2 aromatic rings. The zero-order valence-corrected chi connectivity index (χ0v) is 10.7. The van der Waals surface area contributed by atoms with E-state index in [4.69, 9.17) is 4.74 Å². The Balaban J connectivity index is 1.69. The third-order valence-corrected chi connectivity index (χ3v) is 2.84. The van der Waals surface area contributed by atoms with Crippen LogP contribution in [0.5, 0.6) is 5.75 Å². The van der Waals surface area contributed by atoms with Gasteiger partial charge in [0.15, 0.2) is 0 Å². The highest BCUT2D eigenvalue weighted by molar-refractivity contribution is 5.32. The number of benzene rings is 1. The summed E-state index contributed by atoms with van der Waals surface area (Å²) in [6, 6.07) is 8.09. The fourth-order valence-corrected chi connectivity index (χ4v) is 1.88. The van der Waals surface area contributed by atoms with Gasteiger partial charge in [0.1, 0.15) is 5.75 Å². The van der Waals surface area contributed by atoms with Crippen molar-refractivity contribution in [2.24, 2.45) is 0 Å². The van der Waals surface area contributed by atoms with Crippen molar-refractivity contribution in [3.05, 3.63) is 48.5 Å². The Bertz CT molecular complexity index is 454. The van der Waals surface area contributed by atoms with Crippen LogP contribution in [-0.4, -0.2) is 23.2 Å². The highest BCUT2D eigenvalue weighted by Crippen LogP contribution is 2.16. The maximum absolute atomic E-state index is 5.31. The number of nitrogens with one attached hydrogen (secondary N) is 1. The van der Waals surface area contributed by atoms with Crippen molar-refractivity contribution in [1.82, 2.24) is 14.9 Å². The van der Waals surface area contributed by atoms with E-state index in [1.807, 2.05) is 36.9 Å². The van der Waals surface area contributed by atoms with Crippen LogP contribution in [0.4, 0.5) is 0 Å². The van der Waals surface area contributed by atoms with Crippen molar-refractivity contribution in [2.45, 2.75) is 19.5 Å². The molecule has 0 atom stereocenters. The molecular weight excluding hydrogens is 226 g/mol. The third-order valence-electron chi connectivity index (χ3n) is 2.84. The van der Waals surface area contributed by atoms with E-state index in [0.29, 0.717) is 0 Å². The van der Waals surface area contributed by atoms with Crippen LogP contribution in [0.3, 0.4) is 0 Å². The van der Waals surface area contributed by atoms with Crippen LogP contribution in [0.25, 0.3) is 0 Å². The average molecular weight is 245 g/mol. The Hall–Kier alpha value is -1.81. The molecule has 4 heteroatoms. The summed E-state index contributed by atoms with van der Waals surface area (Å²) in [4.78, 5) is 4.02. The second kappa shape index (κ2) is 6.81. The van der Waals surface area contributed by atoms with Gasteiger partial charge >= 0.3 is 0 Å². The Morgan fingerprint density at radius 1 is 1.33 bits per heavy atom. The molecular formula is C14H19N3O. The summed E-state index contributed by atoms with van der Waals surface area (Å²) in [6.07, 6.45) is 6.73. The van der Waals surface area contributed by atoms with Gasteiger partial charge in [-0.3, -0.25) is 0 Å². The molecule has 4 nitrogen and oxygen atoms in total. The van der Waals surface area contributed by atoms with Crippen molar-refractivity contribution >= 4 is 0 Å².